The smallest absolute Gasteiger partial charge is 0.268 e. The van der Waals surface area contributed by atoms with Crippen molar-refractivity contribution in [2.24, 2.45) is 0 Å². The Bertz CT molecular complexity index is 913. The Kier molecular flexibility index (Phi) is 3.27. The lowest BCUT2D eigenvalue weighted by Gasteiger charge is -2.18. The number of rotatable bonds is 2. The summed E-state index contributed by atoms with van der Waals surface area (Å²) in [6.07, 6.45) is 0. The van der Waals surface area contributed by atoms with E-state index in [1.54, 1.807) is 7.11 Å². The highest BCUT2D eigenvalue weighted by molar-refractivity contribution is 6.32. The van der Waals surface area contributed by atoms with Crippen LogP contribution >= 0.6 is 11.6 Å². The SMILES string of the molecule is COc1ccc(-c2cc(Cl)cc3cc4n(c23)CCNC4=O)cc1. The van der Waals surface area contributed by atoms with E-state index in [-0.39, 0.29) is 5.91 Å². The Hall–Kier alpha value is -2.46. The molecule has 0 saturated carbocycles. The molecule has 1 aliphatic rings. The summed E-state index contributed by atoms with van der Waals surface area (Å²) >= 11 is 6.30. The zero-order chi connectivity index (χ0) is 16.0. The van der Waals surface area contributed by atoms with Gasteiger partial charge in [-0.05, 0) is 35.9 Å². The zero-order valence-electron chi connectivity index (χ0n) is 12.6. The monoisotopic (exact) mass is 326 g/mol. The first-order chi connectivity index (χ1) is 11.2. The summed E-state index contributed by atoms with van der Waals surface area (Å²) < 4.78 is 7.30. The van der Waals surface area contributed by atoms with Crippen molar-refractivity contribution in [1.29, 1.82) is 0 Å². The molecule has 3 aromatic rings. The second-order valence-corrected chi connectivity index (χ2v) is 5.99. The largest absolute Gasteiger partial charge is 0.497 e. The van der Waals surface area contributed by atoms with E-state index in [0.717, 1.165) is 34.3 Å². The van der Waals surface area contributed by atoms with E-state index in [0.29, 0.717) is 17.3 Å². The molecule has 0 unspecified atom stereocenters. The van der Waals surface area contributed by atoms with Crippen molar-refractivity contribution in [3.05, 3.63) is 53.2 Å². The van der Waals surface area contributed by atoms with Gasteiger partial charge in [-0.1, -0.05) is 23.7 Å². The normalized spacial score (nSPS) is 13.7. The highest BCUT2D eigenvalue weighted by Gasteiger charge is 2.22. The fourth-order valence-corrected chi connectivity index (χ4v) is 3.39. The van der Waals surface area contributed by atoms with Crippen LogP contribution in [0.4, 0.5) is 0 Å². The van der Waals surface area contributed by atoms with Crippen LogP contribution in [0.15, 0.2) is 42.5 Å². The summed E-state index contributed by atoms with van der Waals surface area (Å²) in [5.41, 5.74) is 3.80. The van der Waals surface area contributed by atoms with Crippen LogP contribution < -0.4 is 10.1 Å². The van der Waals surface area contributed by atoms with Gasteiger partial charge in [-0.3, -0.25) is 4.79 Å². The third kappa shape index (κ3) is 2.26. The zero-order valence-corrected chi connectivity index (χ0v) is 13.4. The molecule has 1 N–H and O–H groups in total. The molecule has 1 aliphatic heterocycles. The predicted molar refractivity (Wildman–Crippen MR) is 91.3 cm³/mol. The standard InChI is InChI=1S/C18H15ClN2O2/c1-23-14-4-2-11(3-5-14)15-10-13(19)8-12-9-16-18(22)20-6-7-21(16)17(12)15/h2-5,8-10H,6-7H2,1H3,(H,20,22). The first-order valence-corrected chi connectivity index (χ1v) is 7.80. The van der Waals surface area contributed by atoms with Crippen LogP contribution in [0.25, 0.3) is 22.0 Å². The first-order valence-electron chi connectivity index (χ1n) is 7.43. The lowest BCUT2D eigenvalue weighted by atomic mass is 10.0. The minimum absolute atomic E-state index is 0.0377. The molecule has 0 aliphatic carbocycles. The lowest BCUT2D eigenvalue weighted by molar-refractivity contribution is 0.0929. The van der Waals surface area contributed by atoms with Gasteiger partial charge in [0, 0.05) is 29.1 Å². The third-order valence-corrected chi connectivity index (χ3v) is 4.43. The number of nitrogens with zero attached hydrogens (tertiary/aromatic N) is 1. The van der Waals surface area contributed by atoms with Crippen molar-refractivity contribution in [3.8, 4) is 16.9 Å². The number of aromatic nitrogens is 1. The molecule has 0 saturated heterocycles. The minimum Gasteiger partial charge on any atom is -0.497 e. The number of hydrogen-bond donors (Lipinski definition) is 1. The molecule has 0 fully saturated rings. The van der Waals surface area contributed by atoms with Gasteiger partial charge in [0.25, 0.3) is 5.91 Å². The summed E-state index contributed by atoms with van der Waals surface area (Å²) in [5, 5.41) is 4.52. The molecule has 0 spiro atoms. The number of hydrogen-bond acceptors (Lipinski definition) is 2. The fourth-order valence-electron chi connectivity index (χ4n) is 3.16. The maximum absolute atomic E-state index is 12.1. The van der Waals surface area contributed by atoms with Crippen LogP contribution in [0.5, 0.6) is 5.75 Å². The molecule has 4 rings (SSSR count). The molecule has 23 heavy (non-hydrogen) atoms. The Morgan fingerprint density at radius 1 is 1.17 bits per heavy atom. The van der Waals surface area contributed by atoms with Gasteiger partial charge in [0.1, 0.15) is 11.4 Å². The number of amides is 1. The van der Waals surface area contributed by atoms with Crippen molar-refractivity contribution in [3.63, 3.8) is 0 Å². The van der Waals surface area contributed by atoms with Gasteiger partial charge in [-0.2, -0.15) is 0 Å². The molecule has 4 nitrogen and oxygen atoms in total. The number of methoxy groups -OCH3 is 1. The molecule has 2 aromatic carbocycles. The number of carbonyl (C=O) groups excluding carboxylic acids is 1. The molecule has 0 radical (unpaired) electrons. The van der Waals surface area contributed by atoms with Crippen LogP contribution in [0.1, 0.15) is 10.5 Å². The number of halogens is 1. The quantitative estimate of drug-likeness (QED) is 0.780. The van der Waals surface area contributed by atoms with Crippen LogP contribution in [-0.2, 0) is 6.54 Å². The van der Waals surface area contributed by atoms with Gasteiger partial charge in [0.15, 0.2) is 0 Å². The molecule has 1 amide bonds. The predicted octanol–water partition coefficient (Wildman–Crippen LogP) is 3.71. The number of carbonyl (C=O) groups is 1. The van der Waals surface area contributed by atoms with Gasteiger partial charge in [0.05, 0.1) is 12.6 Å². The molecule has 116 valence electrons. The van der Waals surface area contributed by atoms with Crippen molar-refractivity contribution >= 4 is 28.4 Å². The van der Waals surface area contributed by atoms with Crippen molar-refractivity contribution in [1.82, 2.24) is 9.88 Å². The van der Waals surface area contributed by atoms with E-state index < -0.39 is 0 Å². The van der Waals surface area contributed by atoms with E-state index >= 15 is 0 Å². The average molecular weight is 327 g/mol. The number of benzene rings is 2. The summed E-state index contributed by atoms with van der Waals surface area (Å²) in [5.74, 6) is 0.771. The number of nitrogens with one attached hydrogen (secondary N) is 1. The Balaban J connectivity index is 1.99. The molecule has 2 heterocycles. The average Bonchev–Trinajstić information content (AvgIpc) is 2.94. The maximum Gasteiger partial charge on any atom is 0.268 e. The molecule has 0 atom stereocenters. The second-order valence-electron chi connectivity index (χ2n) is 5.56. The van der Waals surface area contributed by atoms with E-state index in [2.05, 4.69) is 9.88 Å². The van der Waals surface area contributed by atoms with E-state index in [4.69, 9.17) is 16.3 Å². The highest BCUT2D eigenvalue weighted by atomic mass is 35.5. The lowest BCUT2D eigenvalue weighted by Crippen LogP contribution is -2.34. The van der Waals surface area contributed by atoms with Crippen LogP contribution in [-0.4, -0.2) is 24.1 Å². The van der Waals surface area contributed by atoms with E-state index in [1.165, 1.54) is 0 Å². The van der Waals surface area contributed by atoms with Crippen molar-refractivity contribution in [2.45, 2.75) is 6.54 Å². The van der Waals surface area contributed by atoms with Crippen molar-refractivity contribution in [2.75, 3.05) is 13.7 Å². The van der Waals surface area contributed by atoms with Gasteiger partial charge in [-0.15, -0.1) is 0 Å². The van der Waals surface area contributed by atoms with Gasteiger partial charge < -0.3 is 14.6 Å². The van der Waals surface area contributed by atoms with Crippen LogP contribution in [0.3, 0.4) is 0 Å². The van der Waals surface area contributed by atoms with E-state index in [1.807, 2.05) is 42.5 Å². The second kappa shape index (κ2) is 5.32. The maximum atomic E-state index is 12.1. The summed E-state index contributed by atoms with van der Waals surface area (Å²) in [6, 6.07) is 13.6. The topological polar surface area (TPSA) is 43.3 Å². The number of fused-ring (bicyclic) bond motifs is 3. The Morgan fingerprint density at radius 2 is 1.96 bits per heavy atom. The molecule has 5 heteroatoms. The fraction of sp³-hybridized carbons (Fsp3) is 0.167. The third-order valence-electron chi connectivity index (χ3n) is 4.21. The molecular weight excluding hydrogens is 312 g/mol. The first kappa shape index (κ1) is 14.2. The molecular formula is C18H15ClN2O2. The molecule has 1 aromatic heterocycles. The van der Waals surface area contributed by atoms with E-state index in [9.17, 15) is 4.79 Å². The van der Waals surface area contributed by atoms with Crippen LogP contribution in [0, 0.1) is 0 Å². The minimum atomic E-state index is -0.0377. The van der Waals surface area contributed by atoms with Crippen LogP contribution in [0.2, 0.25) is 5.02 Å². The Morgan fingerprint density at radius 3 is 2.70 bits per heavy atom. The highest BCUT2D eigenvalue weighted by Crippen LogP contribution is 2.35. The van der Waals surface area contributed by atoms with Gasteiger partial charge in [0.2, 0.25) is 0 Å². The summed E-state index contributed by atoms with van der Waals surface area (Å²) in [6.45, 7) is 1.40. The molecule has 0 bridgehead atoms. The van der Waals surface area contributed by atoms with Gasteiger partial charge >= 0.3 is 0 Å². The van der Waals surface area contributed by atoms with Crippen molar-refractivity contribution < 1.29 is 9.53 Å². The summed E-state index contributed by atoms with van der Waals surface area (Å²) in [4.78, 5) is 12.1. The van der Waals surface area contributed by atoms with Gasteiger partial charge in [-0.25, -0.2) is 0 Å². The summed E-state index contributed by atoms with van der Waals surface area (Å²) in [7, 11) is 1.65. The Labute approximate surface area is 138 Å². The number of ether oxygens (including phenoxy) is 1.